The van der Waals surface area contributed by atoms with Crippen molar-refractivity contribution in [2.75, 3.05) is 0 Å². The van der Waals surface area contributed by atoms with E-state index < -0.39 is 0 Å². The average Bonchev–Trinajstić information content (AvgIpc) is 2.47. The van der Waals surface area contributed by atoms with Gasteiger partial charge in [0.2, 0.25) is 0 Å². The van der Waals surface area contributed by atoms with Crippen molar-refractivity contribution in [2.24, 2.45) is 5.92 Å². The molecular formula is C20H20ClN. The largest absolute Gasteiger partial charge is 0.236 e. The first kappa shape index (κ1) is 15.1. The van der Waals surface area contributed by atoms with E-state index >= 15 is 0 Å². The van der Waals surface area contributed by atoms with E-state index in [0.29, 0.717) is 11.1 Å². The Bertz CT molecular complexity index is 804. The van der Waals surface area contributed by atoms with Crippen LogP contribution in [0.3, 0.4) is 0 Å². The van der Waals surface area contributed by atoms with Gasteiger partial charge in [-0.1, -0.05) is 61.3 Å². The lowest BCUT2D eigenvalue weighted by atomic mass is 9.96. The summed E-state index contributed by atoms with van der Waals surface area (Å²) in [6.45, 7) is 6.56. The van der Waals surface area contributed by atoms with E-state index in [9.17, 15) is 0 Å². The van der Waals surface area contributed by atoms with Crippen LogP contribution in [0.2, 0.25) is 5.15 Å². The van der Waals surface area contributed by atoms with Gasteiger partial charge in [0.1, 0.15) is 5.15 Å². The van der Waals surface area contributed by atoms with E-state index in [4.69, 9.17) is 11.6 Å². The summed E-state index contributed by atoms with van der Waals surface area (Å²) in [4.78, 5) is 4.46. The monoisotopic (exact) mass is 309 g/mol. The maximum absolute atomic E-state index is 6.17. The van der Waals surface area contributed by atoms with Crippen molar-refractivity contribution in [1.29, 1.82) is 0 Å². The number of hydrogen-bond acceptors (Lipinski definition) is 1. The molecule has 2 aromatic carbocycles. The number of hydrogen-bond donors (Lipinski definition) is 0. The fourth-order valence-electron chi connectivity index (χ4n) is 2.79. The van der Waals surface area contributed by atoms with E-state index in [1.165, 1.54) is 27.6 Å². The van der Waals surface area contributed by atoms with Gasteiger partial charge in [0.25, 0.3) is 0 Å². The Labute approximate surface area is 137 Å². The van der Waals surface area contributed by atoms with Gasteiger partial charge in [0.15, 0.2) is 0 Å². The molecule has 0 saturated carbocycles. The van der Waals surface area contributed by atoms with Gasteiger partial charge in [-0.15, -0.1) is 0 Å². The van der Waals surface area contributed by atoms with Crippen LogP contribution in [0, 0.1) is 12.8 Å². The van der Waals surface area contributed by atoms with Crippen LogP contribution < -0.4 is 0 Å². The molecule has 0 fully saturated rings. The standard InChI is InChI=1S/C20H20ClN/c1-13(2)10-17-12-20(21)22-19-9-8-16(11-18(17)19)15-6-4-14(3)5-7-15/h4-9,11-13H,10H2,1-3H3. The molecule has 0 aliphatic carbocycles. The smallest absolute Gasteiger partial charge is 0.130 e. The molecule has 3 aromatic rings. The second-order valence-electron chi connectivity index (χ2n) is 6.30. The summed E-state index contributed by atoms with van der Waals surface area (Å²) in [5.74, 6) is 0.588. The molecule has 3 rings (SSSR count). The fraction of sp³-hybridized carbons (Fsp3) is 0.250. The molecule has 0 aliphatic rings. The second kappa shape index (κ2) is 6.10. The number of pyridine rings is 1. The summed E-state index contributed by atoms with van der Waals surface area (Å²) in [6.07, 6.45) is 1.01. The third-order valence-electron chi connectivity index (χ3n) is 3.88. The summed E-state index contributed by atoms with van der Waals surface area (Å²) in [5, 5.41) is 1.78. The predicted octanol–water partition coefficient (Wildman–Crippen LogP) is 6.06. The Morgan fingerprint density at radius 3 is 2.32 bits per heavy atom. The normalized spacial score (nSPS) is 11.3. The lowest BCUT2D eigenvalue weighted by molar-refractivity contribution is 0.650. The fourth-order valence-corrected chi connectivity index (χ4v) is 3.02. The zero-order chi connectivity index (χ0) is 15.7. The van der Waals surface area contributed by atoms with Gasteiger partial charge in [-0.05, 0) is 54.2 Å². The molecule has 0 saturated heterocycles. The molecular weight excluding hydrogens is 290 g/mol. The highest BCUT2D eigenvalue weighted by atomic mass is 35.5. The van der Waals surface area contributed by atoms with Gasteiger partial charge in [-0.2, -0.15) is 0 Å². The zero-order valence-corrected chi connectivity index (χ0v) is 14.0. The number of benzene rings is 2. The van der Waals surface area contributed by atoms with Gasteiger partial charge < -0.3 is 0 Å². The molecule has 0 atom stereocenters. The van der Waals surface area contributed by atoms with Gasteiger partial charge in [-0.25, -0.2) is 4.98 Å². The molecule has 2 heteroatoms. The topological polar surface area (TPSA) is 12.9 Å². The number of aryl methyl sites for hydroxylation is 1. The first-order valence-corrected chi connectivity index (χ1v) is 8.07. The molecule has 0 radical (unpaired) electrons. The van der Waals surface area contributed by atoms with Crippen LogP contribution in [0.1, 0.15) is 25.0 Å². The quantitative estimate of drug-likeness (QED) is 0.536. The van der Waals surface area contributed by atoms with E-state index in [-0.39, 0.29) is 0 Å². The molecule has 0 aliphatic heterocycles. The van der Waals surface area contributed by atoms with Crippen molar-refractivity contribution in [1.82, 2.24) is 4.98 Å². The molecule has 112 valence electrons. The first-order valence-electron chi connectivity index (χ1n) is 7.69. The van der Waals surface area contributed by atoms with E-state index in [2.05, 4.69) is 68.2 Å². The lowest BCUT2D eigenvalue weighted by Gasteiger charge is -2.11. The van der Waals surface area contributed by atoms with Crippen molar-refractivity contribution < 1.29 is 0 Å². The number of rotatable bonds is 3. The van der Waals surface area contributed by atoms with E-state index in [1.54, 1.807) is 0 Å². The highest BCUT2D eigenvalue weighted by Crippen LogP contribution is 2.28. The third kappa shape index (κ3) is 3.15. The summed E-state index contributed by atoms with van der Waals surface area (Å²) < 4.78 is 0. The molecule has 1 heterocycles. The van der Waals surface area contributed by atoms with Crippen LogP contribution in [-0.4, -0.2) is 4.98 Å². The van der Waals surface area contributed by atoms with Crippen LogP contribution in [0.5, 0.6) is 0 Å². The maximum atomic E-state index is 6.17. The number of aromatic nitrogens is 1. The Hall–Kier alpha value is -1.86. The van der Waals surface area contributed by atoms with Crippen LogP contribution in [-0.2, 0) is 6.42 Å². The minimum atomic E-state index is 0.575. The number of nitrogens with zero attached hydrogens (tertiary/aromatic N) is 1. The minimum Gasteiger partial charge on any atom is -0.236 e. The van der Waals surface area contributed by atoms with Crippen molar-refractivity contribution >= 4 is 22.5 Å². The van der Waals surface area contributed by atoms with Crippen molar-refractivity contribution in [3.63, 3.8) is 0 Å². The third-order valence-corrected chi connectivity index (χ3v) is 4.07. The van der Waals surface area contributed by atoms with Crippen LogP contribution in [0.4, 0.5) is 0 Å². The van der Waals surface area contributed by atoms with Gasteiger partial charge in [0, 0.05) is 5.39 Å². The molecule has 0 amide bonds. The molecule has 0 bridgehead atoms. The van der Waals surface area contributed by atoms with Gasteiger partial charge >= 0.3 is 0 Å². The SMILES string of the molecule is Cc1ccc(-c2ccc3nc(Cl)cc(CC(C)C)c3c2)cc1. The molecule has 1 aromatic heterocycles. The van der Waals surface area contributed by atoms with E-state index in [0.717, 1.165) is 11.9 Å². The highest BCUT2D eigenvalue weighted by Gasteiger charge is 2.08. The molecule has 0 unspecified atom stereocenters. The van der Waals surface area contributed by atoms with Gasteiger partial charge in [0.05, 0.1) is 5.52 Å². The predicted molar refractivity (Wildman–Crippen MR) is 95.5 cm³/mol. The molecule has 22 heavy (non-hydrogen) atoms. The minimum absolute atomic E-state index is 0.575. The average molecular weight is 310 g/mol. The number of halogens is 1. The second-order valence-corrected chi connectivity index (χ2v) is 6.69. The van der Waals surface area contributed by atoms with Crippen LogP contribution in [0.15, 0.2) is 48.5 Å². The summed E-state index contributed by atoms with van der Waals surface area (Å²) in [7, 11) is 0. The Morgan fingerprint density at radius 1 is 0.955 bits per heavy atom. The Kier molecular flexibility index (Phi) is 4.17. The molecule has 0 spiro atoms. The van der Waals surface area contributed by atoms with Crippen LogP contribution >= 0.6 is 11.6 Å². The Balaban J connectivity index is 2.15. The Morgan fingerprint density at radius 2 is 1.64 bits per heavy atom. The lowest BCUT2D eigenvalue weighted by Crippen LogP contribution is -1.97. The van der Waals surface area contributed by atoms with Crippen molar-refractivity contribution in [3.05, 3.63) is 64.8 Å². The van der Waals surface area contributed by atoms with Crippen molar-refractivity contribution in [3.8, 4) is 11.1 Å². The van der Waals surface area contributed by atoms with Crippen LogP contribution in [0.25, 0.3) is 22.0 Å². The maximum Gasteiger partial charge on any atom is 0.130 e. The van der Waals surface area contributed by atoms with E-state index in [1.807, 2.05) is 6.07 Å². The highest BCUT2D eigenvalue weighted by molar-refractivity contribution is 6.30. The van der Waals surface area contributed by atoms with Gasteiger partial charge in [-0.3, -0.25) is 0 Å². The van der Waals surface area contributed by atoms with Crippen molar-refractivity contribution in [2.45, 2.75) is 27.2 Å². The zero-order valence-electron chi connectivity index (χ0n) is 13.2. The molecule has 0 N–H and O–H groups in total. The summed E-state index contributed by atoms with van der Waals surface area (Å²) in [5.41, 5.74) is 5.98. The number of fused-ring (bicyclic) bond motifs is 1. The summed E-state index contributed by atoms with van der Waals surface area (Å²) >= 11 is 6.17. The summed E-state index contributed by atoms with van der Waals surface area (Å²) in [6, 6.07) is 17.1. The molecule has 1 nitrogen and oxygen atoms in total. The first-order chi connectivity index (χ1) is 10.5.